The Balaban J connectivity index is 2.62. The summed E-state index contributed by atoms with van der Waals surface area (Å²) in [4.78, 5) is 8.00. The summed E-state index contributed by atoms with van der Waals surface area (Å²) >= 11 is 7.91. The Morgan fingerprint density at radius 2 is 2.20 bits per heavy atom. The first-order valence-electron chi connectivity index (χ1n) is 4.08. The molecule has 2 aromatic heterocycles. The molecule has 0 aliphatic rings. The van der Waals surface area contributed by atoms with E-state index in [-0.39, 0.29) is 5.28 Å². The number of aryl methyl sites for hydroxylation is 1. The summed E-state index contributed by atoms with van der Waals surface area (Å²) in [5.41, 5.74) is 6.98. The minimum atomic E-state index is 0.169. The predicted molar refractivity (Wildman–Crippen MR) is 66.0 cm³/mol. The fraction of sp³-hybridized carbons (Fsp3) is 0.125. The van der Waals surface area contributed by atoms with E-state index in [1.54, 1.807) is 17.8 Å². The molecule has 0 amide bonds. The first-order chi connectivity index (χ1) is 7.08. The van der Waals surface area contributed by atoms with Crippen molar-refractivity contribution in [1.82, 2.24) is 19.7 Å². The van der Waals surface area contributed by atoms with Crippen molar-refractivity contribution >= 4 is 39.9 Å². The molecular formula is C8H7ClIN5. The van der Waals surface area contributed by atoms with Gasteiger partial charge in [0, 0.05) is 6.20 Å². The monoisotopic (exact) mass is 335 g/mol. The number of halogens is 2. The zero-order chi connectivity index (χ0) is 11.0. The Kier molecular flexibility index (Phi) is 2.79. The van der Waals surface area contributed by atoms with Gasteiger partial charge in [-0.2, -0.15) is 10.1 Å². The molecule has 2 aromatic rings. The van der Waals surface area contributed by atoms with Gasteiger partial charge in [0.2, 0.25) is 5.28 Å². The van der Waals surface area contributed by atoms with Gasteiger partial charge in [-0.1, -0.05) is 0 Å². The van der Waals surface area contributed by atoms with Crippen LogP contribution in [-0.4, -0.2) is 19.7 Å². The molecule has 0 radical (unpaired) electrons. The van der Waals surface area contributed by atoms with E-state index in [2.05, 4.69) is 37.7 Å². The molecule has 0 saturated heterocycles. The standard InChI is InChI=1S/C8H7ClIN5/c1-4-6(11)7(14-8(9)13-4)15-3-5(10)2-12-15/h2-3H,11H2,1H3. The van der Waals surface area contributed by atoms with Gasteiger partial charge in [-0.05, 0) is 41.1 Å². The quantitative estimate of drug-likeness (QED) is 0.637. The van der Waals surface area contributed by atoms with Crippen LogP contribution < -0.4 is 5.73 Å². The highest BCUT2D eigenvalue weighted by atomic mass is 127. The van der Waals surface area contributed by atoms with Crippen LogP contribution in [0.4, 0.5) is 5.69 Å². The summed E-state index contributed by atoms with van der Waals surface area (Å²) in [6.45, 7) is 1.78. The lowest BCUT2D eigenvalue weighted by molar-refractivity contribution is 0.839. The maximum atomic E-state index is 5.85. The van der Waals surface area contributed by atoms with Crippen molar-refractivity contribution in [2.45, 2.75) is 6.92 Å². The van der Waals surface area contributed by atoms with Crippen LogP contribution in [0, 0.1) is 10.5 Å². The summed E-state index contributed by atoms with van der Waals surface area (Å²) in [7, 11) is 0. The zero-order valence-corrected chi connectivity index (χ0v) is 10.7. The molecule has 7 heteroatoms. The first-order valence-corrected chi connectivity index (χ1v) is 5.54. The Morgan fingerprint density at radius 3 is 2.80 bits per heavy atom. The summed E-state index contributed by atoms with van der Waals surface area (Å²) < 4.78 is 2.58. The van der Waals surface area contributed by atoms with Crippen LogP contribution >= 0.6 is 34.2 Å². The molecule has 0 fully saturated rings. The van der Waals surface area contributed by atoms with E-state index >= 15 is 0 Å². The molecule has 2 heterocycles. The third-order valence-corrected chi connectivity index (χ3v) is 2.58. The molecule has 78 valence electrons. The molecule has 0 aromatic carbocycles. The fourth-order valence-electron chi connectivity index (χ4n) is 1.12. The number of hydrogen-bond acceptors (Lipinski definition) is 4. The summed E-state index contributed by atoms with van der Waals surface area (Å²) in [6, 6.07) is 0. The van der Waals surface area contributed by atoms with Gasteiger partial charge in [0.1, 0.15) is 0 Å². The minimum absolute atomic E-state index is 0.169. The smallest absolute Gasteiger partial charge is 0.224 e. The predicted octanol–water partition coefficient (Wildman–Crippen LogP) is 1.81. The average Bonchev–Trinajstić information content (AvgIpc) is 2.58. The largest absolute Gasteiger partial charge is 0.394 e. The van der Waals surface area contributed by atoms with E-state index in [0.29, 0.717) is 17.2 Å². The van der Waals surface area contributed by atoms with E-state index < -0.39 is 0 Å². The highest BCUT2D eigenvalue weighted by Crippen LogP contribution is 2.19. The van der Waals surface area contributed by atoms with Crippen LogP contribution in [0.15, 0.2) is 12.4 Å². The van der Waals surface area contributed by atoms with Crippen LogP contribution in [0.25, 0.3) is 5.82 Å². The van der Waals surface area contributed by atoms with Crippen molar-refractivity contribution in [3.8, 4) is 5.82 Å². The van der Waals surface area contributed by atoms with Gasteiger partial charge in [0.15, 0.2) is 5.82 Å². The van der Waals surface area contributed by atoms with Gasteiger partial charge in [-0.25, -0.2) is 9.67 Å². The Hall–Kier alpha value is -0.890. The molecule has 0 aliphatic carbocycles. The van der Waals surface area contributed by atoms with Crippen molar-refractivity contribution in [3.63, 3.8) is 0 Å². The molecule has 0 bridgehead atoms. The lowest BCUT2D eigenvalue weighted by Gasteiger charge is -2.06. The summed E-state index contributed by atoms with van der Waals surface area (Å²) in [5, 5.41) is 4.28. The number of nitrogen functional groups attached to an aromatic ring is 1. The second kappa shape index (κ2) is 3.93. The normalized spacial score (nSPS) is 10.6. The topological polar surface area (TPSA) is 69.6 Å². The molecule has 15 heavy (non-hydrogen) atoms. The van der Waals surface area contributed by atoms with E-state index in [0.717, 1.165) is 3.57 Å². The molecule has 0 unspecified atom stereocenters. The molecule has 0 saturated carbocycles. The molecule has 0 aliphatic heterocycles. The van der Waals surface area contributed by atoms with E-state index in [9.17, 15) is 0 Å². The van der Waals surface area contributed by atoms with Gasteiger partial charge in [-0.15, -0.1) is 0 Å². The highest BCUT2D eigenvalue weighted by molar-refractivity contribution is 14.1. The second-order valence-corrected chi connectivity index (χ2v) is 4.50. The van der Waals surface area contributed by atoms with Crippen molar-refractivity contribution in [2.75, 3.05) is 5.73 Å². The number of aromatic nitrogens is 4. The number of rotatable bonds is 1. The lowest BCUT2D eigenvalue weighted by Crippen LogP contribution is -2.07. The molecule has 2 N–H and O–H groups in total. The van der Waals surface area contributed by atoms with Crippen molar-refractivity contribution in [3.05, 3.63) is 26.9 Å². The van der Waals surface area contributed by atoms with Crippen LogP contribution in [-0.2, 0) is 0 Å². The number of nitrogens with two attached hydrogens (primary N) is 1. The Bertz CT molecular complexity index is 510. The van der Waals surface area contributed by atoms with Crippen LogP contribution in [0.2, 0.25) is 5.28 Å². The zero-order valence-electron chi connectivity index (χ0n) is 7.78. The van der Waals surface area contributed by atoms with Gasteiger partial charge in [-0.3, -0.25) is 0 Å². The van der Waals surface area contributed by atoms with Gasteiger partial charge >= 0.3 is 0 Å². The number of anilines is 1. The third kappa shape index (κ3) is 2.05. The van der Waals surface area contributed by atoms with Crippen molar-refractivity contribution in [1.29, 1.82) is 0 Å². The maximum Gasteiger partial charge on any atom is 0.224 e. The van der Waals surface area contributed by atoms with Crippen LogP contribution in [0.3, 0.4) is 0 Å². The van der Waals surface area contributed by atoms with E-state index in [1.165, 1.54) is 0 Å². The van der Waals surface area contributed by atoms with E-state index in [4.69, 9.17) is 17.3 Å². The molecule has 2 rings (SSSR count). The SMILES string of the molecule is Cc1nc(Cl)nc(-n2cc(I)cn2)c1N. The van der Waals surface area contributed by atoms with Gasteiger partial charge < -0.3 is 5.73 Å². The maximum absolute atomic E-state index is 5.85. The van der Waals surface area contributed by atoms with Crippen LogP contribution in [0.5, 0.6) is 0 Å². The van der Waals surface area contributed by atoms with Crippen molar-refractivity contribution < 1.29 is 0 Å². The summed E-state index contributed by atoms with van der Waals surface area (Å²) in [5.74, 6) is 0.510. The first kappa shape index (κ1) is 10.6. The summed E-state index contributed by atoms with van der Waals surface area (Å²) in [6.07, 6.45) is 3.53. The van der Waals surface area contributed by atoms with Gasteiger partial charge in [0.05, 0.1) is 21.1 Å². The molecule has 0 spiro atoms. The average molecular weight is 336 g/mol. The Morgan fingerprint density at radius 1 is 1.47 bits per heavy atom. The number of hydrogen-bond donors (Lipinski definition) is 1. The third-order valence-electron chi connectivity index (χ3n) is 1.86. The lowest BCUT2D eigenvalue weighted by atomic mass is 10.3. The fourth-order valence-corrected chi connectivity index (χ4v) is 1.72. The Labute approximate surface area is 105 Å². The van der Waals surface area contributed by atoms with E-state index in [1.807, 2.05) is 6.20 Å². The molecule has 0 atom stereocenters. The minimum Gasteiger partial charge on any atom is -0.394 e. The molecular weight excluding hydrogens is 328 g/mol. The van der Waals surface area contributed by atoms with Crippen LogP contribution in [0.1, 0.15) is 5.69 Å². The second-order valence-electron chi connectivity index (χ2n) is 2.92. The number of nitrogens with zero attached hydrogens (tertiary/aromatic N) is 4. The van der Waals surface area contributed by atoms with Gasteiger partial charge in [0.25, 0.3) is 0 Å². The van der Waals surface area contributed by atoms with Crippen molar-refractivity contribution in [2.24, 2.45) is 0 Å². The molecule has 5 nitrogen and oxygen atoms in total. The highest BCUT2D eigenvalue weighted by Gasteiger charge is 2.10.